The number of nitrogens with zero attached hydrogens (tertiary/aromatic N) is 1. The van der Waals surface area contributed by atoms with Crippen molar-refractivity contribution in [3.63, 3.8) is 0 Å². The van der Waals surface area contributed by atoms with Crippen LogP contribution in [0, 0.1) is 6.92 Å². The second-order valence-corrected chi connectivity index (χ2v) is 6.93. The van der Waals surface area contributed by atoms with Crippen molar-refractivity contribution in [1.82, 2.24) is 4.98 Å². The average Bonchev–Trinajstić information content (AvgIpc) is 3.26. The third kappa shape index (κ3) is 2.88. The molecular formula is C20H14ClNOS. The maximum absolute atomic E-state index is 6.01. The predicted molar refractivity (Wildman–Crippen MR) is 100 cm³/mol. The number of hydrogen-bond acceptors (Lipinski definition) is 3. The predicted octanol–water partition coefficient (Wildman–Crippen LogP) is 6.70. The number of thiophene rings is 1. The molecule has 0 unspecified atom stereocenters. The zero-order valence-electron chi connectivity index (χ0n) is 13.0. The lowest BCUT2D eigenvalue weighted by molar-refractivity contribution is 0.568. The van der Waals surface area contributed by atoms with E-state index in [1.807, 2.05) is 30.3 Å². The maximum atomic E-state index is 6.01. The lowest BCUT2D eigenvalue weighted by Crippen LogP contribution is -1.90. The summed E-state index contributed by atoms with van der Waals surface area (Å²) in [6.07, 6.45) is 3.44. The first-order valence-electron chi connectivity index (χ1n) is 7.56. The summed E-state index contributed by atoms with van der Waals surface area (Å²) < 4.78 is 5.25. The van der Waals surface area contributed by atoms with Gasteiger partial charge in [-0.1, -0.05) is 23.7 Å². The SMILES string of the molecule is Cc1ccsc1-c1cc(-c2ccoc2)cc(-c2ccc(Cl)cc2)n1. The van der Waals surface area contributed by atoms with Crippen molar-refractivity contribution in [2.24, 2.45) is 0 Å². The minimum Gasteiger partial charge on any atom is -0.472 e. The smallest absolute Gasteiger partial charge is 0.0980 e. The number of benzene rings is 1. The zero-order valence-corrected chi connectivity index (χ0v) is 14.6. The van der Waals surface area contributed by atoms with E-state index in [0.29, 0.717) is 0 Å². The van der Waals surface area contributed by atoms with Crippen molar-refractivity contribution in [2.45, 2.75) is 6.92 Å². The Morgan fingerprint density at radius 3 is 2.38 bits per heavy atom. The van der Waals surface area contributed by atoms with E-state index in [0.717, 1.165) is 33.1 Å². The molecule has 24 heavy (non-hydrogen) atoms. The molecule has 4 heteroatoms. The molecule has 0 saturated carbocycles. The van der Waals surface area contributed by atoms with Gasteiger partial charge in [0.1, 0.15) is 0 Å². The van der Waals surface area contributed by atoms with Crippen LogP contribution in [0.4, 0.5) is 0 Å². The molecule has 0 spiro atoms. The van der Waals surface area contributed by atoms with E-state index in [-0.39, 0.29) is 0 Å². The third-order valence-electron chi connectivity index (χ3n) is 3.91. The summed E-state index contributed by atoms with van der Waals surface area (Å²) in [5, 5.41) is 2.82. The van der Waals surface area contributed by atoms with Gasteiger partial charge in [-0.05, 0) is 59.8 Å². The summed E-state index contributed by atoms with van der Waals surface area (Å²) in [5.74, 6) is 0. The van der Waals surface area contributed by atoms with Gasteiger partial charge >= 0.3 is 0 Å². The van der Waals surface area contributed by atoms with E-state index >= 15 is 0 Å². The average molecular weight is 352 g/mol. The molecule has 0 bridgehead atoms. The summed E-state index contributed by atoms with van der Waals surface area (Å²) in [6.45, 7) is 2.11. The number of furan rings is 1. The van der Waals surface area contributed by atoms with Crippen molar-refractivity contribution in [3.05, 3.63) is 77.0 Å². The molecule has 4 rings (SSSR count). The van der Waals surface area contributed by atoms with Crippen LogP contribution in [0.3, 0.4) is 0 Å². The fourth-order valence-electron chi connectivity index (χ4n) is 2.65. The molecule has 0 fully saturated rings. The molecular weight excluding hydrogens is 338 g/mol. The van der Waals surface area contributed by atoms with Gasteiger partial charge in [-0.15, -0.1) is 11.3 Å². The van der Waals surface area contributed by atoms with Crippen LogP contribution in [0.1, 0.15) is 5.56 Å². The number of pyridine rings is 1. The van der Waals surface area contributed by atoms with E-state index in [1.165, 1.54) is 10.4 Å². The van der Waals surface area contributed by atoms with Crippen LogP contribution in [-0.4, -0.2) is 4.98 Å². The topological polar surface area (TPSA) is 26.0 Å². The monoisotopic (exact) mass is 351 g/mol. The molecule has 0 radical (unpaired) electrons. The quantitative estimate of drug-likeness (QED) is 0.410. The largest absolute Gasteiger partial charge is 0.472 e. The summed E-state index contributed by atoms with van der Waals surface area (Å²) in [7, 11) is 0. The van der Waals surface area contributed by atoms with Crippen LogP contribution in [0.5, 0.6) is 0 Å². The van der Waals surface area contributed by atoms with Gasteiger partial charge in [0.05, 0.1) is 28.8 Å². The Hall–Kier alpha value is -2.36. The fourth-order valence-corrected chi connectivity index (χ4v) is 3.66. The van der Waals surface area contributed by atoms with Crippen LogP contribution in [0.25, 0.3) is 33.0 Å². The Morgan fingerprint density at radius 1 is 0.917 bits per heavy atom. The van der Waals surface area contributed by atoms with Gasteiger partial charge in [0.15, 0.2) is 0 Å². The van der Waals surface area contributed by atoms with Crippen molar-refractivity contribution in [1.29, 1.82) is 0 Å². The highest BCUT2D eigenvalue weighted by atomic mass is 35.5. The first kappa shape index (κ1) is 15.2. The van der Waals surface area contributed by atoms with Crippen LogP contribution >= 0.6 is 22.9 Å². The molecule has 1 aromatic carbocycles. The number of aromatic nitrogens is 1. The molecule has 118 valence electrons. The number of hydrogen-bond donors (Lipinski definition) is 0. The van der Waals surface area contributed by atoms with Crippen molar-refractivity contribution >= 4 is 22.9 Å². The molecule has 3 heterocycles. The fraction of sp³-hybridized carbons (Fsp3) is 0.0500. The second-order valence-electron chi connectivity index (χ2n) is 5.58. The van der Waals surface area contributed by atoms with Crippen LogP contribution in [0.15, 0.2) is 70.9 Å². The molecule has 0 aliphatic carbocycles. The summed E-state index contributed by atoms with van der Waals surface area (Å²) >= 11 is 7.72. The first-order chi connectivity index (χ1) is 11.7. The molecule has 2 nitrogen and oxygen atoms in total. The first-order valence-corrected chi connectivity index (χ1v) is 8.81. The van der Waals surface area contributed by atoms with Gasteiger partial charge in [0, 0.05) is 16.1 Å². The molecule has 0 aliphatic rings. The minimum atomic E-state index is 0.721. The Balaban J connectivity index is 1.91. The van der Waals surface area contributed by atoms with E-state index < -0.39 is 0 Å². The molecule has 3 aromatic heterocycles. The highest BCUT2D eigenvalue weighted by molar-refractivity contribution is 7.13. The van der Waals surface area contributed by atoms with Crippen molar-refractivity contribution < 1.29 is 4.42 Å². The number of aryl methyl sites for hydroxylation is 1. The number of rotatable bonds is 3. The lowest BCUT2D eigenvalue weighted by atomic mass is 10.0. The molecule has 0 amide bonds. The van der Waals surface area contributed by atoms with Gasteiger partial charge in [-0.2, -0.15) is 0 Å². The van der Waals surface area contributed by atoms with E-state index in [9.17, 15) is 0 Å². The molecule has 0 aliphatic heterocycles. The molecule has 4 aromatic rings. The maximum Gasteiger partial charge on any atom is 0.0980 e. The highest BCUT2D eigenvalue weighted by Crippen LogP contribution is 2.34. The zero-order chi connectivity index (χ0) is 16.5. The number of halogens is 1. The van der Waals surface area contributed by atoms with Gasteiger partial charge < -0.3 is 4.42 Å². The third-order valence-corrected chi connectivity index (χ3v) is 5.21. The van der Waals surface area contributed by atoms with E-state index in [1.54, 1.807) is 23.9 Å². The summed E-state index contributed by atoms with van der Waals surface area (Å²) in [6, 6.07) is 16.0. The highest BCUT2D eigenvalue weighted by Gasteiger charge is 2.12. The second kappa shape index (κ2) is 6.27. The van der Waals surface area contributed by atoms with Gasteiger partial charge in [0.2, 0.25) is 0 Å². The Morgan fingerprint density at radius 2 is 1.71 bits per heavy atom. The molecule has 0 atom stereocenters. The molecule has 0 saturated heterocycles. The van der Waals surface area contributed by atoms with E-state index in [2.05, 4.69) is 30.5 Å². The van der Waals surface area contributed by atoms with Crippen LogP contribution in [0.2, 0.25) is 5.02 Å². The van der Waals surface area contributed by atoms with Gasteiger partial charge in [-0.25, -0.2) is 4.98 Å². The Bertz CT molecular complexity index is 971. The molecule has 0 N–H and O–H groups in total. The van der Waals surface area contributed by atoms with Crippen molar-refractivity contribution in [2.75, 3.05) is 0 Å². The normalized spacial score (nSPS) is 10.9. The van der Waals surface area contributed by atoms with Crippen LogP contribution < -0.4 is 0 Å². The van der Waals surface area contributed by atoms with E-state index in [4.69, 9.17) is 21.0 Å². The standard InChI is InChI=1S/C20H14ClNOS/c1-13-7-9-24-20(13)19-11-16(15-6-8-23-12-15)10-18(22-19)14-2-4-17(21)5-3-14/h2-12H,1H3. The Kier molecular flexibility index (Phi) is 3.97. The Labute approximate surface area is 149 Å². The van der Waals surface area contributed by atoms with Gasteiger partial charge in [0.25, 0.3) is 0 Å². The summed E-state index contributed by atoms with van der Waals surface area (Å²) in [5.41, 5.74) is 6.31. The van der Waals surface area contributed by atoms with Crippen molar-refractivity contribution in [3.8, 4) is 33.0 Å². The van der Waals surface area contributed by atoms with Crippen LogP contribution in [-0.2, 0) is 0 Å². The summed E-state index contributed by atoms with van der Waals surface area (Å²) in [4.78, 5) is 6.07. The van der Waals surface area contributed by atoms with Gasteiger partial charge in [-0.3, -0.25) is 0 Å². The minimum absolute atomic E-state index is 0.721. The lowest BCUT2D eigenvalue weighted by Gasteiger charge is -2.09.